The molecule has 0 saturated carbocycles. The third kappa shape index (κ3) is 4.60. The van der Waals surface area contributed by atoms with Gasteiger partial charge in [-0.25, -0.2) is 14.0 Å². The van der Waals surface area contributed by atoms with Gasteiger partial charge < -0.3 is 14.6 Å². The first-order chi connectivity index (χ1) is 12.2. The molecular formula is C19H24FNO5. The minimum absolute atomic E-state index is 0.174. The molecule has 2 rings (SSSR count). The number of benzene rings is 1. The fourth-order valence-electron chi connectivity index (χ4n) is 2.72. The molecule has 0 fully saturated rings. The number of hydrogen-bond donors (Lipinski definition) is 1. The van der Waals surface area contributed by atoms with Crippen LogP contribution < -0.4 is 0 Å². The number of aliphatic hydroxyl groups excluding tert-OH is 1. The summed E-state index contributed by atoms with van der Waals surface area (Å²) >= 11 is 0. The van der Waals surface area contributed by atoms with Crippen molar-refractivity contribution in [1.82, 2.24) is 4.90 Å². The summed E-state index contributed by atoms with van der Waals surface area (Å²) in [5.41, 5.74) is 0.949. The minimum atomic E-state index is -0.929. The number of hydrogen-bond acceptors (Lipinski definition) is 5. The SMILES string of the molecule is COC(=O)C1C=C(c2ccc(F)c(CO)c2)CCN1C(=O)OC(C)(C)C. The highest BCUT2D eigenvalue weighted by Gasteiger charge is 2.35. The Hall–Kier alpha value is -2.41. The van der Waals surface area contributed by atoms with Crippen LogP contribution in [0.1, 0.15) is 38.3 Å². The summed E-state index contributed by atoms with van der Waals surface area (Å²) in [6.07, 6.45) is 1.48. The van der Waals surface area contributed by atoms with Gasteiger partial charge in [0.15, 0.2) is 6.04 Å². The average Bonchev–Trinajstić information content (AvgIpc) is 2.59. The maximum Gasteiger partial charge on any atom is 0.411 e. The largest absolute Gasteiger partial charge is 0.467 e. The molecule has 1 N–H and O–H groups in total. The quantitative estimate of drug-likeness (QED) is 0.834. The molecule has 1 aromatic carbocycles. The van der Waals surface area contributed by atoms with Crippen molar-refractivity contribution in [2.24, 2.45) is 0 Å². The molecule has 1 aliphatic rings. The molecule has 142 valence electrons. The Morgan fingerprint density at radius 2 is 2.04 bits per heavy atom. The summed E-state index contributed by atoms with van der Waals surface area (Å²) in [5.74, 6) is -1.08. The van der Waals surface area contributed by atoms with Crippen LogP contribution in [0.15, 0.2) is 24.3 Å². The van der Waals surface area contributed by atoms with Crippen LogP contribution >= 0.6 is 0 Å². The van der Waals surface area contributed by atoms with Crippen molar-refractivity contribution >= 4 is 17.6 Å². The van der Waals surface area contributed by atoms with Crippen molar-refractivity contribution in [3.05, 3.63) is 41.2 Å². The van der Waals surface area contributed by atoms with Crippen LogP contribution in [0.3, 0.4) is 0 Å². The molecular weight excluding hydrogens is 341 g/mol. The van der Waals surface area contributed by atoms with E-state index in [1.807, 2.05) is 0 Å². The highest BCUT2D eigenvalue weighted by atomic mass is 19.1. The van der Waals surface area contributed by atoms with Crippen LogP contribution in [0.4, 0.5) is 9.18 Å². The maximum atomic E-state index is 13.6. The van der Waals surface area contributed by atoms with Gasteiger partial charge in [-0.15, -0.1) is 0 Å². The molecule has 0 radical (unpaired) electrons. The Morgan fingerprint density at radius 1 is 1.35 bits per heavy atom. The summed E-state index contributed by atoms with van der Waals surface area (Å²) in [6, 6.07) is 3.46. The zero-order chi connectivity index (χ0) is 19.5. The predicted octanol–water partition coefficient (Wildman–Crippen LogP) is 2.88. The smallest absolute Gasteiger partial charge is 0.411 e. The Kier molecular flexibility index (Phi) is 6.02. The van der Waals surface area contributed by atoms with E-state index in [4.69, 9.17) is 9.47 Å². The molecule has 1 atom stereocenters. The zero-order valence-corrected chi connectivity index (χ0v) is 15.4. The van der Waals surface area contributed by atoms with Gasteiger partial charge in [-0.2, -0.15) is 0 Å². The average molecular weight is 365 g/mol. The summed E-state index contributed by atoms with van der Waals surface area (Å²) in [4.78, 5) is 25.9. The van der Waals surface area contributed by atoms with Gasteiger partial charge in [0.25, 0.3) is 0 Å². The summed E-state index contributed by atoms with van der Waals surface area (Å²) in [6.45, 7) is 5.08. The maximum absolute atomic E-state index is 13.6. The molecule has 6 nitrogen and oxygen atoms in total. The number of rotatable bonds is 3. The van der Waals surface area contributed by atoms with Crippen LogP contribution in [0.25, 0.3) is 5.57 Å². The Morgan fingerprint density at radius 3 is 2.62 bits per heavy atom. The van der Waals surface area contributed by atoms with Crippen LogP contribution in [-0.4, -0.2) is 47.4 Å². The minimum Gasteiger partial charge on any atom is -0.467 e. The lowest BCUT2D eigenvalue weighted by molar-refractivity contribution is -0.145. The van der Waals surface area contributed by atoms with Gasteiger partial charge in [0.05, 0.1) is 13.7 Å². The Balaban J connectivity index is 2.34. The summed E-state index contributed by atoms with van der Waals surface area (Å²) in [5, 5.41) is 9.24. The number of aliphatic hydroxyl groups is 1. The zero-order valence-electron chi connectivity index (χ0n) is 15.4. The second-order valence-electron chi connectivity index (χ2n) is 7.05. The third-order valence-corrected chi connectivity index (χ3v) is 3.97. The lowest BCUT2D eigenvalue weighted by Crippen LogP contribution is -2.49. The van der Waals surface area contributed by atoms with Gasteiger partial charge in [0.1, 0.15) is 11.4 Å². The fraction of sp³-hybridized carbons (Fsp3) is 0.474. The lowest BCUT2D eigenvalue weighted by Gasteiger charge is -2.34. The molecule has 0 saturated heterocycles. The number of amides is 1. The van der Waals surface area contributed by atoms with Gasteiger partial charge in [0, 0.05) is 12.1 Å². The molecule has 0 bridgehead atoms. The molecule has 0 aliphatic carbocycles. The molecule has 1 unspecified atom stereocenters. The van der Waals surface area contributed by atoms with Crippen molar-refractivity contribution in [2.75, 3.05) is 13.7 Å². The summed E-state index contributed by atoms with van der Waals surface area (Å²) < 4.78 is 23.8. The third-order valence-electron chi connectivity index (χ3n) is 3.97. The number of halogens is 1. The van der Waals surface area contributed by atoms with Gasteiger partial charge in [-0.05, 0) is 56.5 Å². The fourth-order valence-corrected chi connectivity index (χ4v) is 2.72. The number of carbonyl (C=O) groups excluding carboxylic acids is 2. The second kappa shape index (κ2) is 7.86. The van der Waals surface area contributed by atoms with Crippen LogP contribution in [0, 0.1) is 5.82 Å². The van der Waals surface area contributed by atoms with Crippen LogP contribution in [0.2, 0.25) is 0 Å². The van der Waals surface area contributed by atoms with Crippen molar-refractivity contribution in [3.8, 4) is 0 Å². The van der Waals surface area contributed by atoms with E-state index in [1.54, 1.807) is 39.0 Å². The topological polar surface area (TPSA) is 76.1 Å². The van der Waals surface area contributed by atoms with Gasteiger partial charge in [-0.1, -0.05) is 6.07 Å². The van der Waals surface area contributed by atoms with Crippen molar-refractivity contribution in [2.45, 2.75) is 45.4 Å². The van der Waals surface area contributed by atoms with E-state index in [-0.39, 0.29) is 12.1 Å². The highest BCUT2D eigenvalue weighted by Crippen LogP contribution is 2.28. The molecule has 1 aromatic rings. The number of methoxy groups -OCH3 is 1. The first kappa shape index (κ1) is 19.9. The van der Waals surface area contributed by atoms with Crippen LogP contribution in [0.5, 0.6) is 0 Å². The standard InChI is InChI=1S/C19H24FNO5/c1-19(2,3)26-18(24)21-8-7-13(10-16(21)17(23)25-4)12-5-6-15(20)14(9-12)11-22/h5-6,9-10,16,22H,7-8,11H2,1-4H3. The van der Waals surface area contributed by atoms with Gasteiger partial charge >= 0.3 is 12.1 Å². The van der Waals surface area contributed by atoms with Crippen molar-refractivity contribution in [3.63, 3.8) is 0 Å². The van der Waals surface area contributed by atoms with Crippen LogP contribution in [-0.2, 0) is 20.9 Å². The molecule has 0 aromatic heterocycles. The number of nitrogens with zero attached hydrogens (tertiary/aromatic N) is 1. The normalized spacial score (nSPS) is 17.5. The first-order valence-electron chi connectivity index (χ1n) is 8.34. The lowest BCUT2D eigenvalue weighted by atomic mass is 9.94. The second-order valence-corrected chi connectivity index (χ2v) is 7.05. The molecule has 1 amide bonds. The molecule has 7 heteroatoms. The predicted molar refractivity (Wildman–Crippen MR) is 93.7 cm³/mol. The van der Waals surface area contributed by atoms with E-state index in [9.17, 15) is 19.1 Å². The monoisotopic (exact) mass is 365 g/mol. The molecule has 1 heterocycles. The number of esters is 1. The van der Waals surface area contributed by atoms with Crippen molar-refractivity contribution < 1.29 is 28.6 Å². The van der Waals surface area contributed by atoms with E-state index in [0.29, 0.717) is 12.0 Å². The number of carbonyl (C=O) groups is 2. The molecule has 0 spiro atoms. The van der Waals surface area contributed by atoms with E-state index in [1.165, 1.54) is 18.1 Å². The van der Waals surface area contributed by atoms with E-state index in [2.05, 4.69) is 0 Å². The van der Waals surface area contributed by atoms with E-state index >= 15 is 0 Å². The molecule has 1 aliphatic heterocycles. The van der Waals surface area contributed by atoms with Gasteiger partial charge in [0.2, 0.25) is 0 Å². The first-order valence-corrected chi connectivity index (χ1v) is 8.34. The Labute approximate surface area is 152 Å². The van der Waals surface area contributed by atoms with E-state index < -0.39 is 36.1 Å². The summed E-state index contributed by atoms with van der Waals surface area (Å²) in [7, 11) is 1.25. The van der Waals surface area contributed by atoms with Gasteiger partial charge in [-0.3, -0.25) is 4.90 Å². The molecule has 26 heavy (non-hydrogen) atoms. The van der Waals surface area contributed by atoms with E-state index in [0.717, 1.165) is 5.57 Å². The highest BCUT2D eigenvalue weighted by molar-refractivity contribution is 5.87. The van der Waals surface area contributed by atoms with Crippen molar-refractivity contribution in [1.29, 1.82) is 0 Å². The number of ether oxygens (including phenoxy) is 2. The Bertz CT molecular complexity index is 723.